The second-order valence-corrected chi connectivity index (χ2v) is 6.91. The van der Waals surface area contributed by atoms with Crippen molar-refractivity contribution in [3.05, 3.63) is 0 Å². The molecule has 1 heterocycles. The van der Waals surface area contributed by atoms with Gasteiger partial charge in [0, 0.05) is 12.6 Å². The summed E-state index contributed by atoms with van der Waals surface area (Å²) < 4.78 is 6.13. The van der Waals surface area contributed by atoms with Crippen molar-refractivity contribution in [1.82, 2.24) is 5.32 Å². The zero-order valence-corrected chi connectivity index (χ0v) is 11.9. The summed E-state index contributed by atoms with van der Waals surface area (Å²) in [6.45, 7) is 1.03. The second-order valence-electron chi connectivity index (χ2n) is 6.91. The molecule has 1 aliphatic heterocycles. The molecule has 2 unspecified atom stereocenters. The predicted molar refractivity (Wildman–Crippen MR) is 74.7 cm³/mol. The molecule has 1 N–H and O–H groups in total. The van der Waals surface area contributed by atoms with Crippen LogP contribution in [0.15, 0.2) is 0 Å². The molecule has 2 heteroatoms. The van der Waals surface area contributed by atoms with Crippen molar-refractivity contribution in [2.24, 2.45) is 11.8 Å². The van der Waals surface area contributed by atoms with Crippen LogP contribution in [0.4, 0.5) is 0 Å². The van der Waals surface area contributed by atoms with Crippen LogP contribution in [0.3, 0.4) is 0 Å². The van der Waals surface area contributed by atoms with Crippen LogP contribution in [0, 0.1) is 11.8 Å². The van der Waals surface area contributed by atoms with Crippen LogP contribution in [-0.2, 0) is 4.74 Å². The van der Waals surface area contributed by atoms with Gasteiger partial charge in [-0.05, 0) is 70.3 Å². The first-order chi connectivity index (χ1) is 8.81. The van der Waals surface area contributed by atoms with E-state index in [1.54, 1.807) is 0 Å². The van der Waals surface area contributed by atoms with E-state index in [9.17, 15) is 0 Å². The van der Waals surface area contributed by atoms with Gasteiger partial charge in [0.2, 0.25) is 0 Å². The Balaban J connectivity index is 1.47. The molecule has 1 spiro atoms. The molecule has 104 valence electrons. The van der Waals surface area contributed by atoms with Crippen LogP contribution in [0.25, 0.3) is 0 Å². The molecule has 0 radical (unpaired) electrons. The van der Waals surface area contributed by atoms with E-state index in [0.29, 0.717) is 5.60 Å². The maximum absolute atomic E-state index is 6.13. The van der Waals surface area contributed by atoms with Crippen LogP contribution in [-0.4, -0.2) is 25.3 Å². The third-order valence-electron chi connectivity index (χ3n) is 5.56. The molecule has 3 rings (SSSR count). The SMILES string of the molecule is CNC(CCC1CCOC2(CCCC2)C1)C1CC1. The molecule has 0 aromatic heterocycles. The normalized spacial score (nSPS) is 32.8. The van der Waals surface area contributed by atoms with Gasteiger partial charge < -0.3 is 10.1 Å². The minimum Gasteiger partial charge on any atom is -0.375 e. The zero-order chi connectivity index (χ0) is 12.4. The number of hydrogen-bond acceptors (Lipinski definition) is 2. The highest BCUT2D eigenvalue weighted by Crippen LogP contribution is 2.43. The van der Waals surface area contributed by atoms with Gasteiger partial charge in [0.25, 0.3) is 0 Å². The van der Waals surface area contributed by atoms with Crippen LogP contribution >= 0.6 is 0 Å². The lowest BCUT2D eigenvalue weighted by Crippen LogP contribution is -2.38. The Morgan fingerprint density at radius 2 is 2.00 bits per heavy atom. The first kappa shape index (κ1) is 12.9. The molecule has 2 aliphatic carbocycles. The van der Waals surface area contributed by atoms with E-state index >= 15 is 0 Å². The van der Waals surface area contributed by atoms with Gasteiger partial charge in [-0.1, -0.05) is 12.8 Å². The van der Waals surface area contributed by atoms with E-state index in [1.807, 2.05) is 0 Å². The largest absolute Gasteiger partial charge is 0.375 e. The molecule has 3 aliphatic rings. The van der Waals surface area contributed by atoms with E-state index in [-0.39, 0.29) is 0 Å². The highest BCUT2D eigenvalue weighted by atomic mass is 16.5. The van der Waals surface area contributed by atoms with Crippen LogP contribution in [0.1, 0.15) is 64.2 Å². The predicted octanol–water partition coefficient (Wildman–Crippen LogP) is 3.50. The summed E-state index contributed by atoms with van der Waals surface area (Å²) in [5.41, 5.74) is 0.317. The van der Waals surface area contributed by atoms with Crippen LogP contribution in [0.5, 0.6) is 0 Å². The van der Waals surface area contributed by atoms with Gasteiger partial charge in [0.15, 0.2) is 0 Å². The summed E-state index contributed by atoms with van der Waals surface area (Å²) in [5.74, 6) is 1.93. The van der Waals surface area contributed by atoms with Crippen molar-refractivity contribution in [2.45, 2.75) is 75.9 Å². The first-order valence-electron chi connectivity index (χ1n) is 8.12. The zero-order valence-electron chi connectivity index (χ0n) is 11.9. The van der Waals surface area contributed by atoms with Crippen molar-refractivity contribution in [3.63, 3.8) is 0 Å². The molecule has 2 saturated carbocycles. The van der Waals surface area contributed by atoms with Crippen molar-refractivity contribution in [1.29, 1.82) is 0 Å². The molecule has 2 nitrogen and oxygen atoms in total. The smallest absolute Gasteiger partial charge is 0.0685 e. The second kappa shape index (κ2) is 5.50. The van der Waals surface area contributed by atoms with Crippen molar-refractivity contribution in [3.8, 4) is 0 Å². The number of hydrogen-bond donors (Lipinski definition) is 1. The average molecular weight is 251 g/mol. The Labute approximate surface area is 112 Å². The number of ether oxygens (including phenoxy) is 1. The lowest BCUT2D eigenvalue weighted by molar-refractivity contribution is -0.0941. The fourth-order valence-corrected chi connectivity index (χ4v) is 4.27. The highest BCUT2D eigenvalue weighted by molar-refractivity contribution is 4.92. The molecule has 1 saturated heterocycles. The number of nitrogens with one attached hydrogen (secondary N) is 1. The Morgan fingerprint density at radius 1 is 1.22 bits per heavy atom. The van der Waals surface area contributed by atoms with Crippen LogP contribution < -0.4 is 5.32 Å². The minimum atomic E-state index is 0.317. The third kappa shape index (κ3) is 2.91. The average Bonchev–Trinajstić information content (AvgIpc) is 3.13. The van der Waals surface area contributed by atoms with Crippen molar-refractivity contribution >= 4 is 0 Å². The standard InChI is InChI=1S/C16H29NO/c1-17-15(14-5-6-14)7-4-13-8-11-18-16(12-13)9-2-3-10-16/h13-15,17H,2-12H2,1H3. The Morgan fingerprint density at radius 3 is 2.67 bits per heavy atom. The summed E-state index contributed by atoms with van der Waals surface area (Å²) in [6, 6.07) is 0.798. The Bertz CT molecular complexity index is 268. The minimum absolute atomic E-state index is 0.317. The molecular weight excluding hydrogens is 222 g/mol. The van der Waals surface area contributed by atoms with Crippen LogP contribution in [0.2, 0.25) is 0 Å². The van der Waals surface area contributed by atoms with Gasteiger partial charge in [-0.3, -0.25) is 0 Å². The Hall–Kier alpha value is -0.0800. The number of rotatable bonds is 5. The Kier molecular flexibility index (Phi) is 3.95. The van der Waals surface area contributed by atoms with E-state index in [4.69, 9.17) is 4.74 Å². The fourth-order valence-electron chi connectivity index (χ4n) is 4.27. The molecule has 0 bridgehead atoms. The third-order valence-corrected chi connectivity index (χ3v) is 5.56. The van der Waals surface area contributed by atoms with Gasteiger partial charge in [0.05, 0.1) is 5.60 Å². The summed E-state index contributed by atoms with van der Waals surface area (Å²) in [7, 11) is 2.14. The molecule has 2 atom stereocenters. The molecule has 18 heavy (non-hydrogen) atoms. The fraction of sp³-hybridized carbons (Fsp3) is 1.00. The van der Waals surface area contributed by atoms with Gasteiger partial charge in [-0.2, -0.15) is 0 Å². The van der Waals surface area contributed by atoms with E-state index in [0.717, 1.165) is 24.5 Å². The molecule has 0 aromatic carbocycles. The molecule has 0 amide bonds. The summed E-state index contributed by atoms with van der Waals surface area (Å²) in [4.78, 5) is 0. The van der Waals surface area contributed by atoms with Gasteiger partial charge in [-0.25, -0.2) is 0 Å². The van der Waals surface area contributed by atoms with Crippen molar-refractivity contribution < 1.29 is 4.74 Å². The maximum atomic E-state index is 6.13. The quantitative estimate of drug-likeness (QED) is 0.807. The van der Waals surface area contributed by atoms with Gasteiger partial charge in [-0.15, -0.1) is 0 Å². The highest BCUT2D eigenvalue weighted by Gasteiger charge is 2.40. The lowest BCUT2D eigenvalue weighted by atomic mass is 9.81. The summed E-state index contributed by atoms with van der Waals surface area (Å²) >= 11 is 0. The van der Waals surface area contributed by atoms with E-state index < -0.39 is 0 Å². The van der Waals surface area contributed by atoms with Gasteiger partial charge >= 0.3 is 0 Å². The van der Waals surface area contributed by atoms with E-state index in [2.05, 4.69) is 12.4 Å². The topological polar surface area (TPSA) is 21.3 Å². The summed E-state index contributed by atoms with van der Waals surface area (Å²) in [5, 5.41) is 3.53. The summed E-state index contributed by atoms with van der Waals surface area (Å²) in [6.07, 6.45) is 13.9. The van der Waals surface area contributed by atoms with Crippen molar-refractivity contribution in [2.75, 3.05) is 13.7 Å². The van der Waals surface area contributed by atoms with E-state index in [1.165, 1.54) is 64.2 Å². The lowest BCUT2D eigenvalue weighted by Gasteiger charge is -2.38. The van der Waals surface area contributed by atoms with Gasteiger partial charge in [0.1, 0.15) is 0 Å². The molecule has 3 fully saturated rings. The maximum Gasteiger partial charge on any atom is 0.0685 e. The molecular formula is C16H29NO. The first-order valence-corrected chi connectivity index (χ1v) is 8.12. The monoisotopic (exact) mass is 251 g/mol. The molecule has 0 aromatic rings.